The molecule has 50 valence electrons. The molecule has 2 nitrogen and oxygen atoms in total. The van der Waals surface area contributed by atoms with E-state index in [2.05, 4.69) is 26.0 Å². The van der Waals surface area contributed by atoms with Crippen molar-refractivity contribution >= 4 is 22.9 Å². The molecule has 0 fully saturated rings. The van der Waals surface area contributed by atoms with Crippen LogP contribution in [0.3, 0.4) is 0 Å². The topological polar surface area (TPSA) is 12.5 Å². The molecule has 0 spiro atoms. The van der Waals surface area contributed by atoms with Crippen LogP contribution in [0.4, 0.5) is 0 Å². The van der Waals surface area contributed by atoms with Crippen LogP contribution in [-0.2, 0) is 4.74 Å². The van der Waals surface area contributed by atoms with Gasteiger partial charge in [0.2, 0.25) is 0 Å². The Kier molecular flexibility index (Phi) is 6.25. The zero-order valence-electron chi connectivity index (χ0n) is 5.35. The van der Waals surface area contributed by atoms with Crippen LogP contribution in [0.1, 0.15) is 6.92 Å². The maximum atomic E-state index is 5.10. The van der Waals surface area contributed by atoms with Crippen LogP contribution in [0.25, 0.3) is 0 Å². The van der Waals surface area contributed by atoms with Crippen LogP contribution in [0.5, 0.6) is 0 Å². The van der Waals surface area contributed by atoms with Gasteiger partial charge in [-0.2, -0.15) is 0 Å². The molecule has 3 heteroatoms. The van der Waals surface area contributed by atoms with Crippen molar-refractivity contribution in [3.63, 3.8) is 0 Å². The van der Waals surface area contributed by atoms with Crippen LogP contribution in [-0.4, -0.2) is 29.9 Å². The Morgan fingerprint density at radius 1 is 1.62 bits per heavy atom. The van der Waals surface area contributed by atoms with Crippen LogP contribution in [0, 0.1) is 0 Å². The lowest BCUT2D eigenvalue weighted by atomic mass is 10.7. The van der Waals surface area contributed by atoms with Gasteiger partial charge in [-0.05, 0) is 14.0 Å². The summed E-state index contributed by atoms with van der Waals surface area (Å²) in [5, 5.41) is 0. The van der Waals surface area contributed by atoms with E-state index in [1.165, 1.54) is 0 Å². The SMILES string of the molecule is CCOCCN(C)I. The first-order valence-corrected chi connectivity index (χ1v) is 3.68. The molecule has 0 aromatic rings. The summed E-state index contributed by atoms with van der Waals surface area (Å²) < 4.78 is 7.17. The molecule has 0 aromatic heterocycles. The smallest absolute Gasteiger partial charge is 0.0601 e. The Morgan fingerprint density at radius 3 is 2.62 bits per heavy atom. The molecule has 0 radical (unpaired) electrons. The van der Waals surface area contributed by atoms with E-state index < -0.39 is 0 Å². The van der Waals surface area contributed by atoms with Gasteiger partial charge in [-0.1, -0.05) is 0 Å². The molecular formula is C5H12INO. The summed E-state index contributed by atoms with van der Waals surface area (Å²) in [7, 11) is 2.03. The summed E-state index contributed by atoms with van der Waals surface area (Å²) in [4.78, 5) is 0. The highest BCUT2D eigenvalue weighted by molar-refractivity contribution is 14.1. The molecule has 0 heterocycles. The highest BCUT2D eigenvalue weighted by Crippen LogP contribution is 1.90. The minimum atomic E-state index is 0.824. The first kappa shape index (κ1) is 8.65. The third kappa shape index (κ3) is 6.65. The maximum absolute atomic E-state index is 5.10. The molecule has 8 heavy (non-hydrogen) atoms. The minimum Gasteiger partial charge on any atom is -0.380 e. The van der Waals surface area contributed by atoms with Gasteiger partial charge in [-0.25, -0.2) is 3.11 Å². The van der Waals surface area contributed by atoms with Crippen molar-refractivity contribution in [2.45, 2.75) is 6.92 Å². The highest BCUT2D eigenvalue weighted by atomic mass is 127. The van der Waals surface area contributed by atoms with E-state index in [1.807, 2.05) is 14.0 Å². The molecular weight excluding hydrogens is 217 g/mol. The molecule has 0 saturated heterocycles. The zero-order chi connectivity index (χ0) is 6.41. The van der Waals surface area contributed by atoms with E-state index in [0.717, 1.165) is 19.8 Å². The summed E-state index contributed by atoms with van der Waals surface area (Å²) in [6, 6.07) is 0. The first-order valence-electron chi connectivity index (χ1n) is 2.72. The highest BCUT2D eigenvalue weighted by Gasteiger charge is 1.87. The third-order valence-electron chi connectivity index (χ3n) is 0.748. The van der Waals surface area contributed by atoms with Crippen LogP contribution in [0.15, 0.2) is 0 Å². The van der Waals surface area contributed by atoms with Gasteiger partial charge in [0.25, 0.3) is 0 Å². The van der Waals surface area contributed by atoms with Gasteiger partial charge in [-0.3, -0.25) is 0 Å². The van der Waals surface area contributed by atoms with E-state index in [-0.39, 0.29) is 0 Å². The number of hydrogen-bond acceptors (Lipinski definition) is 2. The first-order chi connectivity index (χ1) is 3.77. The molecule has 0 rings (SSSR count). The number of likely N-dealkylation sites (N-methyl/N-ethyl adjacent to an activating group) is 1. The predicted octanol–water partition coefficient (Wildman–Crippen LogP) is 1.30. The van der Waals surface area contributed by atoms with Crippen molar-refractivity contribution in [1.82, 2.24) is 3.11 Å². The van der Waals surface area contributed by atoms with Crippen LogP contribution in [0.2, 0.25) is 0 Å². The van der Waals surface area contributed by atoms with Gasteiger partial charge in [-0.15, -0.1) is 0 Å². The van der Waals surface area contributed by atoms with Gasteiger partial charge in [0.15, 0.2) is 0 Å². The Morgan fingerprint density at radius 2 is 2.25 bits per heavy atom. The second-order valence-corrected chi connectivity index (χ2v) is 3.17. The lowest BCUT2D eigenvalue weighted by molar-refractivity contribution is 0.142. The fourth-order valence-corrected chi connectivity index (χ4v) is 0.532. The molecule has 0 N–H and O–H groups in total. The molecule has 0 bridgehead atoms. The number of halogens is 1. The van der Waals surface area contributed by atoms with E-state index in [4.69, 9.17) is 4.74 Å². The normalized spacial score (nSPS) is 10.5. The van der Waals surface area contributed by atoms with Crippen molar-refractivity contribution in [1.29, 1.82) is 0 Å². The molecule has 0 atom stereocenters. The molecule has 0 aromatic carbocycles. The van der Waals surface area contributed by atoms with Gasteiger partial charge < -0.3 is 4.74 Å². The summed E-state index contributed by atoms with van der Waals surface area (Å²) in [6.45, 7) is 4.68. The maximum Gasteiger partial charge on any atom is 0.0601 e. The summed E-state index contributed by atoms with van der Waals surface area (Å²) in [5.74, 6) is 0. The van der Waals surface area contributed by atoms with E-state index >= 15 is 0 Å². The molecule has 0 amide bonds. The summed E-state index contributed by atoms with van der Waals surface area (Å²) >= 11 is 2.24. The fraction of sp³-hybridized carbons (Fsp3) is 1.00. The standard InChI is InChI=1S/C5H12INO/c1-3-8-5-4-7(2)6/h3-5H2,1-2H3. The molecule has 0 aliphatic rings. The van der Waals surface area contributed by atoms with E-state index in [9.17, 15) is 0 Å². The predicted molar refractivity (Wildman–Crippen MR) is 43.1 cm³/mol. The Bertz CT molecular complexity index is 49.7. The monoisotopic (exact) mass is 229 g/mol. The van der Waals surface area contributed by atoms with Crippen LogP contribution >= 0.6 is 22.9 Å². The van der Waals surface area contributed by atoms with Crippen LogP contribution < -0.4 is 0 Å². The average Bonchev–Trinajstić information content (AvgIpc) is 1.66. The van der Waals surface area contributed by atoms with Gasteiger partial charge in [0, 0.05) is 36.0 Å². The van der Waals surface area contributed by atoms with E-state index in [1.54, 1.807) is 0 Å². The zero-order valence-corrected chi connectivity index (χ0v) is 7.51. The van der Waals surface area contributed by atoms with Crippen molar-refractivity contribution in [2.24, 2.45) is 0 Å². The minimum absolute atomic E-state index is 0.824. The second kappa shape index (κ2) is 5.78. The van der Waals surface area contributed by atoms with Gasteiger partial charge >= 0.3 is 0 Å². The Hall–Kier alpha value is 0.650. The van der Waals surface area contributed by atoms with Gasteiger partial charge in [0.05, 0.1) is 6.61 Å². The van der Waals surface area contributed by atoms with Crippen molar-refractivity contribution in [2.75, 3.05) is 26.8 Å². The summed E-state index contributed by atoms with van der Waals surface area (Å²) in [6.07, 6.45) is 0. The molecule has 0 aliphatic carbocycles. The molecule has 0 saturated carbocycles. The largest absolute Gasteiger partial charge is 0.380 e. The van der Waals surface area contributed by atoms with E-state index in [0.29, 0.717) is 0 Å². The van der Waals surface area contributed by atoms with Crippen molar-refractivity contribution in [3.05, 3.63) is 0 Å². The number of rotatable bonds is 4. The average molecular weight is 229 g/mol. The Balaban J connectivity index is 2.72. The Labute approximate surface area is 64.7 Å². The fourth-order valence-electron chi connectivity index (χ4n) is 0.335. The molecule has 0 unspecified atom stereocenters. The van der Waals surface area contributed by atoms with Gasteiger partial charge in [0.1, 0.15) is 0 Å². The van der Waals surface area contributed by atoms with Crippen molar-refractivity contribution in [3.8, 4) is 0 Å². The quantitative estimate of drug-likeness (QED) is 0.409. The number of nitrogens with zero attached hydrogens (tertiary/aromatic N) is 1. The molecule has 0 aliphatic heterocycles. The third-order valence-corrected chi connectivity index (χ3v) is 1.23. The second-order valence-electron chi connectivity index (χ2n) is 1.53. The number of hydrogen-bond donors (Lipinski definition) is 0. The lowest BCUT2D eigenvalue weighted by Crippen LogP contribution is -2.11. The number of ether oxygens (including phenoxy) is 1. The van der Waals surface area contributed by atoms with Crippen molar-refractivity contribution < 1.29 is 4.74 Å². The lowest BCUT2D eigenvalue weighted by Gasteiger charge is -2.05. The summed E-state index contributed by atoms with van der Waals surface area (Å²) in [5.41, 5.74) is 0.